The van der Waals surface area contributed by atoms with Crippen molar-refractivity contribution in [2.75, 3.05) is 23.8 Å². The Hall–Kier alpha value is -1.18. The molecule has 2 nitrogen and oxygen atoms in total. The van der Waals surface area contributed by atoms with E-state index in [1.165, 1.54) is 17.8 Å². The fourth-order valence-corrected chi connectivity index (χ4v) is 1.85. The summed E-state index contributed by atoms with van der Waals surface area (Å²) in [5.74, 6) is 0. The van der Waals surface area contributed by atoms with Gasteiger partial charge < -0.3 is 10.2 Å². The Morgan fingerprint density at radius 3 is 3.00 bits per heavy atom. The second-order valence-electron chi connectivity index (χ2n) is 3.65. The highest BCUT2D eigenvalue weighted by Gasteiger charge is 2.18. The minimum atomic E-state index is 0.597. The van der Waals surface area contributed by atoms with Crippen molar-refractivity contribution in [1.29, 1.82) is 0 Å². The molecule has 70 valence electrons. The van der Waals surface area contributed by atoms with Crippen LogP contribution in [0.1, 0.15) is 13.3 Å². The van der Waals surface area contributed by atoms with Crippen molar-refractivity contribution in [3.8, 4) is 0 Å². The van der Waals surface area contributed by atoms with Crippen LogP contribution >= 0.6 is 0 Å². The zero-order valence-corrected chi connectivity index (χ0v) is 8.25. The summed E-state index contributed by atoms with van der Waals surface area (Å²) in [6.45, 7) is 3.33. The quantitative estimate of drug-likeness (QED) is 0.706. The van der Waals surface area contributed by atoms with Crippen molar-refractivity contribution in [3.05, 3.63) is 24.3 Å². The largest absolute Gasteiger partial charge is 0.379 e. The van der Waals surface area contributed by atoms with Crippen LogP contribution in [-0.4, -0.2) is 19.6 Å². The molecule has 1 unspecified atom stereocenters. The summed E-state index contributed by atoms with van der Waals surface area (Å²) >= 11 is 0. The lowest BCUT2D eigenvalue weighted by Crippen LogP contribution is -2.38. The summed E-state index contributed by atoms with van der Waals surface area (Å²) in [5.41, 5.74) is 2.58. The Kier molecular flexibility index (Phi) is 2.13. The highest BCUT2D eigenvalue weighted by atomic mass is 15.2. The van der Waals surface area contributed by atoms with Gasteiger partial charge in [0.25, 0.3) is 0 Å². The molecular formula is C11H16N2. The van der Waals surface area contributed by atoms with Crippen LogP contribution in [0, 0.1) is 0 Å². The van der Waals surface area contributed by atoms with E-state index in [-0.39, 0.29) is 0 Å². The molecule has 1 aliphatic rings. The molecule has 0 spiro atoms. The predicted octanol–water partition coefficient (Wildman–Crippen LogP) is 2.33. The van der Waals surface area contributed by atoms with E-state index in [0.29, 0.717) is 6.04 Å². The van der Waals surface area contributed by atoms with Crippen LogP contribution in [0.3, 0.4) is 0 Å². The molecule has 13 heavy (non-hydrogen) atoms. The molecule has 0 saturated heterocycles. The number of fused-ring (bicyclic) bond motifs is 1. The van der Waals surface area contributed by atoms with E-state index in [4.69, 9.17) is 0 Å². The van der Waals surface area contributed by atoms with E-state index in [1.54, 1.807) is 0 Å². The second-order valence-corrected chi connectivity index (χ2v) is 3.65. The van der Waals surface area contributed by atoms with Gasteiger partial charge in [-0.1, -0.05) is 19.1 Å². The van der Waals surface area contributed by atoms with Crippen LogP contribution < -0.4 is 10.2 Å². The third kappa shape index (κ3) is 1.48. The maximum absolute atomic E-state index is 3.54. The van der Waals surface area contributed by atoms with Gasteiger partial charge in [0.15, 0.2) is 0 Å². The Morgan fingerprint density at radius 2 is 2.23 bits per heavy atom. The summed E-state index contributed by atoms with van der Waals surface area (Å²) in [6.07, 6.45) is 1.18. The first kappa shape index (κ1) is 8.42. The monoisotopic (exact) mass is 176 g/mol. The van der Waals surface area contributed by atoms with Crippen LogP contribution in [0.4, 0.5) is 11.4 Å². The third-order valence-corrected chi connectivity index (χ3v) is 2.66. The summed E-state index contributed by atoms with van der Waals surface area (Å²) in [6, 6.07) is 9.07. The van der Waals surface area contributed by atoms with Crippen LogP contribution in [-0.2, 0) is 0 Å². The smallest absolute Gasteiger partial charge is 0.0600 e. The molecule has 1 aliphatic heterocycles. The van der Waals surface area contributed by atoms with Crippen molar-refractivity contribution in [3.63, 3.8) is 0 Å². The normalized spacial score (nSPS) is 20.8. The Balaban J connectivity index is 2.31. The van der Waals surface area contributed by atoms with E-state index in [0.717, 1.165) is 6.54 Å². The minimum absolute atomic E-state index is 0.597. The van der Waals surface area contributed by atoms with Crippen molar-refractivity contribution in [2.45, 2.75) is 19.4 Å². The molecule has 1 aromatic rings. The summed E-state index contributed by atoms with van der Waals surface area (Å²) < 4.78 is 0. The van der Waals surface area contributed by atoms with Crippen LogP contribution in [0.2, 0.25) is 0 Å². The van der Waals surface area contributed by atoms with Crippen LogP contribution in [0.5, 0.6) is 0 Å². The predicted molar refractivity (Wildman–Crippen MR) is 57.4 cm³/mol. The Morgan fingerprint density at radius 1 is 1.46 bits per heavy atom. The van der Waals surface area contributed by atoms with E-state index >= 15 is 0 Å². The summed E-state index contributed by atoms with van der Waals surface area (Å²) in [4.78, 5) is 2.32. The fourth-order valence-electron chi connectivity index (χ4n) is 1.85. The minimum Gasteiger partial charge on any atom is -0.379 e. The molecule has 1 atom stereocenters. The van der Waals surface area contributed by atoms with E-state index in [2.05, 4.69) is 48.5 Å². The summed E-state index contributed by atoms with van der Waals surface area (Å²) in [5, 5.41) is 3.54. The zero-order chi connectivity index (χ0) is 9.26. The lowest BCUT2D eigenvalue weighted by molar-refractivity contribution is 0.662. The number of para-hydroxylation sites is 2. The van der Waals surface area contributed by atoms with Gasteiger partial charge in [-0.15, -0.1) is 0 Å². The van der Waals surface area contributed by atoms with Gasteiger partial charge >= 0.3 is 0 Å². The first-order valence-corrected chi connectivity index (χ1v) is 4.88. The van der Waals surface area contributed by atoms with E-state index < -0.39 is 0 Å². The molecule has 1 N–H and O–H groups in total. The average Bonchev–Trinajstić information content (AvgIpc) is 2.18. The molecule has 0 amide bonds. The molecule has 1 heterocycles. The van der Waals surface area contributed by atoms with E-state index in [9.17, 15) is 0 Å². The average molecular weight is 176 g/mol. The zero-order valence-electron chi connectivity index (χ0n) is 8.25. The highest BCUT2D eigenvalue weighted by molar-refractivity contribution is 5.72. The Labute approximate surface area is 79.6 Å². The lowest BCUT2D eigenvalue weighted by atomic mass is 10.1. The van der Waals surface area contributed by atoms with Gasteiger partial charge in [-0.2, -0.15) is 0 Å². The third-order valence-electron chi connectivity index (χ3n) is 2.66. The van der Waals surface area contributed by atoms with Crippen LogP contribution in [0.25, 0.3) is 0 Å². The number of anilines is 2. The number of hydrogen-bond donors (Lipinski definition) is 1. The van der Waals surface area contributed by atoms with E-state index in [1.807, 2.05) is 0 Å². The van der Waals surface area contributed by atoms with Gasteiger partial charge in [-0.25, -0.2) is 0 Å². The van der Waals surface area contributed by atoms with Gasteiger partial charge in [-0.3, -0.25) is 0 Å². The number of benzene rings is 1. The molecule has 2 rings (SSSR count). The molecule has 0 bridgehead atoms. The van der Waals surface area contributed by atoms with Crippen molar-refractivity contribution in [2.24, 2.45) is 0 Å². The highest BCUT2D eigenvalue weighted by Crippen LogP contribution is 2.29. The maximum atomic E-state index is 3.54. The lowest BCUT2D eigenvalue weighted by Gasteiger charge is -2.34. The van der Waals surface area contributed by atoms with Gasteiger partial charge in [0.2, 0.25) is 0 Å². The molecular weight excluding hydrogens is 160 g/mol. The molecule has 0 radical (unpaired) electrons. The SMILES string of the molecule is CCC1CN(C)c2ccccc2N1. The first-order valence-electron chi connectivity index (χ1n) is 4.88. The number of likely N-dealkylation sites (N-methyl/N-ethyl adjacent to an activating group) is 1. The number of rotatable bonds is 1. The standard InChI is InChI=1S/C11H16N2/c1-3-9-8-13(2)11-7-5-4-6-10(11)12-9/h4-7,9,12H,3,8H2,1-2H3. The topological polar surface area (TPSA) is 15.3 Å². The molecule has 0 aromatic heterocycles. The molecule has 0 saturated carbocycles. The maximum Gasteiger partial charge on any atom is 0.0600 e. The first-order chi connectivity index (χ1) is 6.31. The van der Waals surface area contributed by atoms with Crippen LogP contribution in [0.15, 0.2) is 24.3 Å². The Bertz CT molecular complexity index is 296. The van der Waals surface area contributed by atoms with Crippen molar-refractivity contribution >= 4 is 11.4 Å². The number of hydrogen-bond acceptors (Lipinski definition) is 2. The van der Waals surface area contributed by atoms with Crippen molar-refractivity contribution < 1.29 is 0 Å². The summed E-state index contributed by atoms with van der Waals surface area (Å²) in [7, 11) is 2.16. The fraction of sp³-hybridized carbons (Fsp3) is 0.455. The molecule has 0 fully saturated rings. The number of nitrogens with zero attached hydrogens (tertiary/aromatic N) is 1. The van der Waals surface area contributed by atoms with Gasteiger partial charge in [0.05, 0.1) is 11.4 Å². The molecule has 0 aliphatic carbocycles. The number of nitrogens with one attached hydrogen (secondary N) is 1. The second kappa shape index (κ2) is 3.29. The van der Waals surface area contributed by atoms with Gasteiger partial charge in [-0.05, 0) is 18.6 Å². The van der Waals surface area contributed by atoms with Gasteiger partial charge in [0.1, 0.15) is 0 Å². The molecule has 1 aromatic carbocycles. The van der Waals surface area contributed by atoms with Gasteiger partial charge in [0, 0.05) is 19.6 Å². The van der Waals surface area contributed by atoms with Crippen molar-refractivity contribution in [1.82, 2.24) is 0 Å². The molecule has 2 heteroatoms.